The largest absolute Gasteiger partial charge is 0.310 e. The second-order valence-corrected chi connectivity index (χ2v) is 41.6. The van der Waals surface area contributed by atoms with Gasteiger partial charge in [-0.25, -0.2) is 0 Å². The van der Waals surface area contributed by atoms with Crippen molar-refractivity contribution < 1.29 is 0 Å². The molecule has 0 N–H and O–H groups in total. The number of hydrogen-bond donors (Lipinski definition) is 0. The fraction of sp³-hybridized carbons (Fsp3) is 0.308. The Morgan fingerprint density at radius 2 is 0.493 bits per heavy atom. The first-order valence-corrected chi connectivity index (χ1v) is 50.4. The molecule has 0 unspecified atom stereocenters. The van der Waals surface area contributed by atoms with Crippen molar-refractivity contribution in [3.8, 4) is 33.4 Å². The van der Waals surface area contributed by atoms with Crippen LogP contribution in [0.5, 0.6) is 0 Å². The average molecular weight is 1760 g/mol. The van der Waals surface area contributed by atoms with E-state index in [4.69, 9.17) is 0 Å². The molecule has 4 nitrogen and oxygen atoms in total. The molecule has 0 radical (unpaired) electrons. The van der Waals surface area contributed by atoms with E-state index in [1.54, 1.807) is 0 Å². The third-order valence-corrected chi connectivity index (χ3v) is 29.3. The van der Waals surface area contributed by atoms with E-state index in [-0.39, 0.29) is 16.2 Å². The van der Waals surface area contributed by atoms with Gasteiger partial charge in [0.1, 0.15) is 0 Å². The van der Waals surface area contributed by atoms with E-state index >= 15 is 0 Å². The molecule has 3 aliphatic carbocycles. The maximum Gasteiger partial charge on any atom is 0.0727 e. The Kier molecular flexibility index (Phi) is 27.6. The molecule has 134 heavy (non-hydrogen) atoms. The number of hydrogen-bond acceptors (Lipinski definition) is 4. The van der Waals surface area contributed by atoms with E-state index in [0.717, 1.165) is 53.4 Å². The third-order valence-electron chi connectivity index (χ3n) is 29.3. The van der Waals surface area contributed by atoms with Crippen LogP contribution in [0.25, 0.3) is 33.4 Å². The van der Waals surface area contributed by atoms with Gasteiger partial charge in [0, 0.05) is 62.3 Å². The van der Waals surface area contributed by atoms with Gasteiger partial charge in [0.15, 0.2) is 0 Å². The van der Waals surface area contributed by atoms with Gasteiger partial charge in [-0.05, 0) is 350 Å². The van der Waals surface area contributed by atoms with Crippen LogP contribution >= 0.6 is 0 Å². The predicted octanol–water partition coefficient (Wildman–Crippen LogP) is 37.6. The lowest BCUT2D eigenvalue weighted by molar-refractivity contribution is 0.505. The van der Waals surface area contributed by atoms with Crippen LogP contribution in [0.15, 0.2) is 309 Å². The Bertz CT molecular complexity index is 6250. The molecule has 0 amide bonds. The zero-order chi connectivity index (χ0) is 93.9. The van der Waals surface area contributed by atoms with Crippen molar-refractivity contribution in [1.29, 1.82) is 0 Å². The van der Waals surface area contributed by atoms with E-state index in [2.05, 4.69) is 461 Å². The van der Waals surface area contributed by atoms with E-state index in [1.165, 1.54) is 274 Å². The van der Waals surface area contributed by atoms with Crippen LogP contribution in [0.1, 0.15) is 275 Å². The zero-order valence-corrected chi connectivity index (χ0v) is 83.8. The minimum absolute atomic E-state index is 0.0615. The highest BCUT2D eigenvalue weighted by atomic mass is 15.2. The van der Waals surface area contributed by atoms with Gasteiger partial charge in [0.2, 0.25) is 0 Å². The molecule has 15 aromatic carbocycles. The highest BCUT2D eigenvalue weighted by Crippen LogP contribution is 2.65. The lowest BCUT2D eigenvalue weighted by Crippen LogP contribution is -2.28. The molecule has 0 saturated carbocycles. The van der Waals surface area contributed by atoms with Crippen LogP contribution < -0.4 is 19.6 Å². The molecule has 0 aromatic heterocycles. The summed E-state index contributed by atoms with van der Waals surface area (Å²) < 4.78 is 0. The van der Waals surface area contributed by atoms with Crippen molar-refractivity contribution in [2.24, 2.45) is 0 Å². The Morgan fingerprint density at radius 1 is 0.224 bits per heavy atom. The van der Waals surface area contributed by atoms with Gasteiger partial charge < -0.3 is 19.6 Å². The van der Waals surface area contributed by atoms with E-state index in [1.807, 2.05) is 0 Å². The van der Waals surface area contributed by atoms with Crippen LogP contribution in [0.2, 0.25) is 0 Å². The molecule has 0 heterocycles. The second kappa shape index (κ2) is 39.6. The van der Waals surface area contributed by atoms with Crippen LogP contribution in [-0.2, 0) is 34.5 Å². The quantitative estimate of drug-likeness (QED) is 0.0416. The normalized spacial score (nSPS) is 12.9. The number of unbranched alkanes of at least 4 members (excludes halogenated alkanes) is 11. The lowest BCUT2D eigenvalue weighted by atomic mass is 9.68. The van der Waals surface area contributed by atoms with Crippen molar-refractivity contribution in [1.82, 2.24) is 0 Å². The summed E-state index contributed by atoms with van der Waals surface area (Å²) in [5.74, 6) is 0. The van der Waals surface area contributed by atoms with Gasteiger partial charge in [0.25, 0.3) is 0 Å². The molecular formula is C130H142N4. The highest BCUT2D eigenvalue weighted by Gasteiger charge is 2.53. The SMILES string of the molecule is CCCCCCCCC1(c2cc(CCCCCC)cc(CCCCCC)c2)c2cc(N(c3ccc(C)cc3)c3c(C)cc(C)cc3C)ccc2-c2ccc(N(c3ccc(C)cc3)c3c(C)cc(C)cc3C)cc21.Cc1ccc(N(c2ccc(C(C)(C)C)cc2)c2ccc3c(c2)C2(c4ccccc4-c4ccccc42)c2cc(N(c4ccc(C)cc4)c4ccc(C(C)(C)C)cc4)ccc2-3)cc1. The van der Waals surface area contributed by atoms with E-state index in [0.29, 0.717) is 0 Å². The van der Waals surface area contributed by atoms with Gasteiger partial charge in [-0.2, -0.15) is 0 Å². The number of anilines is 12. The fourth-order valence-corrected chi connectivity index (χ4v) is 22.5. The molecular weight excluding hydrogens is 1620 g/mol. The maximum absolute atomic E-state index is 2.69. The topological polar surface area (TPSA) is 13.0 Å². The lowest BCUT2D eigenvalue weighted by Gasteiger charge is -2.36. The summed E-state index contributed by atoms with van der Waals surface area (Å²) in [7, 11) is 0. The molecule has 682 valence electrons. The standard InChI is InChI=1S/C71H88N2.C59H54N2/c1-12-15-18-21-22-25-40-71(60-46-58(26-23-19-16-13-2)45-59(47-60)27-24-20-17-14-3)67-48-63(72(61-32-28-50(4)29-33-61)69-54(8)41-52(6)42-55(69)9)36-38-65(67)66-39-37-64(49-68(66)71)73(62-34-30-51(5)31-35-62)70-56(10)43-53(7)44-57(70)11;1-39-17-25-43(26-18-39)60(45-29-21-41(22-30-45)57(3,4)5)47-33-35-51-52-36-34-48(61(44-27-19-40(2)20-28-44)46-31-23-42(24-32-46)58(6,7)8)38-56(52)59(55(51)37-47)53-15-11-9-13-49(53)50-14-10-12-16-54(50)59/h28-39,41-49H,12-27,40H2,1-11H3;9-38H,1-8H3. The number of fused-ring (bicyclic) bond motifs is 13. The Morgan fingerprint density at radius 3 is 0.828 bits per heavy atom. The fourth-order valence-electron chi connectivity index (χ4n) is 22.5. The van der Waals surface area contributed by atoms with Gasteiger partial charge in [-0.1, -0.05) is 361 Å². The number of rotatable bonds is 30. The summed E-state index contributed by atoms with van der Waals surface area (Å²) in [4.78, 5) is 10.0. The van der Waals surface area contributed by atoms with E-state index < -0.39 is 5.41 Å². The molecule has 0 bridgehead atoms. The van der Waals surface area contributed by atoms with E-state index in [9.17, 15) is 0 Å². The minimum Gasteiger partial charge on any atom is -0.310 e. The summed E-state index contributed by atoms with van der Waals surface area (Å²) in [6.07, 6.45) is 21.0. The molecule has 0 atom stereocenters. The van der Waals surface area contributed by atoms with Gasteiger partial charge >= 0.3 is 0 Å². The Hall–Kier alpha value is -12.5. The summed E-state index contributed by atoms with van der Waals surface area (Å²) in [5, 5.41) is 0. The second-order valence-electron chi connectivity index (χ2n) is 41.6. The Labute approximate surface area is 804 Å². The van der Waals surface area contributed by atoms with Crippen molar-refractivity contribution >= 4 is 68.2 Å². The monoisotopic (exact) mass is 1760 g/mol. The predicted molar refractivity (Wildman–Crippen MR) is 578 cm³/mol. The highest BCUT2D eigenvalue weighted by molar-refractivity contribution is 5.99. The van der Waals surface area contributed by atoms with Gasteiger partial charge in [-0.15, -0.1) is 0 Å². The molecule has 0 saturated heterocycles. The first-order valence-electron chi connectivity index (χ1n) is 50.4. The molecule has 15 aromatic rings. The maximum atomic E-state index is 2.69. The molecule has 3 aliphatic rings. The minimum atomic E-state index is -0.534. The average Bonchev–Trinajstić information content (AvgIpc) is 1.50. The summed E-state index contributed by atoms with van der Waals surface area (Å²) >= 11 is 0. The summed E-state index contributed by atoms with van der Waals surface area (Å²) in [6.45, 7) is 43.1. The molecule has 0 aliphatic heterocycles. The molecule has 1 spiro atoms. The Balaban J connectivity index is 0.000000189. The number of benzene rings is 15. The first kappa shape index (κ1) is 93.3. The van der Waals surface area contributed by atoms with Crippen LogP contribution in [0, 0.1) is 69.2 Å². The first-order chi connectivity index (χ1) is 64.7. The van der Waals surface area contributed by atoms with Crippen LogP contribution in [0.4, 0.5) is 68.2 Å². The van der Waals surface area contributed by atoms with Crippen molar-refractivity contribution in [3.05, 3.63) is 426 Å². The van der Waals surface area contributed by atoms with Crippen molar-refractivity contribution in [2.45, 2.75) is 262 Å². The van der Waals surface area contributed by atoms with Gasteiger partial charge in [-0.3, -0.25) is 0 Å². The molecule has 0 fully saturated rings. The zero-order valence-electron chi connectivity index (χ0n) is 83.8. The summed E-state index contributed by atoms with van der Waals surface area (Å²) in [6, 6.07) is 120. The van der Waals surface area contributed by atoms with Gasteiger partial charge in [0.05, 0.1) is 16.8 Å². The number of aryl methyl sites for hydroxylation is 12. The molecule has 4 heteroatoms. The molecule has 18 rings (SSSR count). The van der Waals surface area contributed by atoms with Crippen molar-refractivity contribution in [3.63, 3.8) is 0 Å². The van der Waals surface area contributed by atoms with Crippen LogP contribution in [-0.4, -0.2) is 0 Å². The summed E-state index contributed by atoms with van der Waals surface area (Å²) in [5.41, 5.74) is 49.5. The number of nitrogens with zero attached hydrogens (tertiary/aromatic N) is 4. The van der Waals surface area contributed by atoms with Crippen molar-refractivity contribution in [2.75, 3.05) is 19.6 Å². The van der Waals surface area contributed by atoms with Crippen LogP contribution in [0.3, 0.4) is 0 Å². The smallest absolute Gasteiger partial charge is 0.0727 e. The third kappa shape index (κ3) is 18.6.